The smallest absolute Gasteiger partial charge is 0.257 e. The molecule has 0 unspecified atom stereocenters. The molecule has 0 spiro atoms. The molecule has 0 N–H and O–H groups in total. The molecule has 1 saturated heterocycles. The second-order valence-corrected chi connectivity index (χ2v) is 8.94. The van der Waals surface area contributed by atoms with E-state index in [1.807, 2.05) is 36.4 Å². The van der Waals surface area contributed by atoms with Crippen molar-refractivity contribution in [3.63, 3.8) is 0 Å². The maximum absolute atomic E-state index is 13.4. The number of hydrogen-bond donors (Lipinski definition) is 0. The molecule has 0 saturated carbocycles. The fourth-order valence-electron chi connectivity index (χ4n) is 3.93. The Morgan fingerprint density at radius 1 is 0.800 bits per heavy atom. The van der Waals surface area contributed by atoms with Crippen LogP contribution in [0.5, 0.6) is 11.5 Å². The van der Waals surface area contributed by atoms with Crippen LogP contribution >= 0.6 is 11.8 Å². The molecule has 3 aromatic rings. The highest BCUT2D eigenvalue weighted by Gasteiger charge is 2.28. The van der Waals surface area contributed by atoms with Crippen LogP contribution < -0.4 is 9.47 Å². The van der Waals surface area contributed by atoms with Gasteiger partial charge in [0.05, 0.1) is 30.9 Å². The average molecular weight is 488 g/mol. The molecule has 8 heteroatoms. The van der Waals surface area contributed by atoms with Crippen LogP contribution in [0.2, 0.25) is 0 Å². The Labute approximate surface area is 208 Å². The van der Waals surface area contributed by atoms with Gasteiger partial charge in [-0.1, -0.05) is 36.0 Å². The molecule has 178 valence electrons. The van der Waals surface area contributed by atoms with Crippen molar-refractivity contribution in [3.05, 3.63) is 83.4 Å². The Balaban J connectivity index is 1.46. The first-order valence-corrected chi connectivity index (χ1v) is 11.9. The molecule has 1 heterocycles. The van der Waals surface area contributed by atoms with Crippen molar-refractivity contribution in [1.29, 1.82) is 5.26 Å². The fourth-order valence-corrected chi connectivity index (χ4v) is 4.95. The Morgan fingerprint density at radius 3 is 2.03 bits per heavy atom. The molecular formula is C27H25N3O4S. The lowest BCUT2D eigenvalue weighted by atomic mass is 10.1. The van der Waals surface area contributed by atoms with E-state index in [4.69, 9.17) is 9.47 Å². The van der Waals surface area contributed by atoms with Crippen molar-refractivity contribution in [1.82, 2.24) is 9.80 Å². The Kier molecular flexibility index (Phi) is 7.58. The van der Waals surface area contributed by atoms with E-state index in [-0.39, 0.29) is 11.8 Å². The minimum Gasteiger partial charge on any atom is -0.497 e. The molecule has 0 atom stereocenters. The zero-order valence-electron chi connectivity index (χ0n) is 19.6. The largest absolute Gasteiger partial charge is 0.497 e. The summed E-state index contributed by atoms with van der Waals surface area (Å²) in [6.45, 7) is 1.70. The summed E-state index contributed by atoms with van der Waals surface area (Å²) in [6, 6.07) is 22.1. The van der Waals surface area contributed by atoms with E-state index in [2.05, 4.69) is 6.07 Å². The van der Waals surface area contributed by atoms with Gasteiger partial charge in [-0.25, -0.2) is 0 Å². The van der Waals surface area contributed by atoms with Gasteiger partial charge in [0, 0.05) is 42.0 Å². The van der Waals surface area contributed by atoms with E-state index in [0.717, 1.165) is 9.79 Å². The molecule has 0 aliphatic carbocycles. The van der Waals surface area contributed by atoms with E-state index in [0.29, 0.717) is 54.4 Å². The highest BCUT2D eigenvalue weighted by molar-refractivity contribution is 7.99. The number of hydrogen-bond acceptors (Lipinski definition) is 6. The van der Waals surface area contributed by atoms with Crippen molar-refractivity contribution in [2.45, 2.75) is 9.79 Å². The first-order valence-electron chi connectivity index (χ1n) is 11.1. The van der Waals surface area contributed by atoms with Crippen molar-refractivity contribution in [2.75, 3.05) is 40.4 Å². The molecule has 35 heavy (non-hydrogen) atoms. The summed E-state index contributed by atoms with van der Waals surface area (Å²) in [5.74, 6) is 0.844. The van der Waals surface area contributed by atoms with Gasteiger partial charge in [0.1, 0.15) is 17.6 Å². The van der Waals surface area contributed by atoms with Gasteiger partial charge in [0.2, 0.25) is 0 Å². The second-order valence-electron chi connectivity index (χ2n) is 7.86. The van der Waals surface area contributed by atoms with Gasteiger partial charge in [-0.3, -0.25) is 9.59 Å². The molecule has 1 aliphatic heterocycles. The SMILES string of the molecule is COc1ccc(C(=O)N2CCN(C(=O)c3ccccc3Sc3ccccc3C#N)CC2)c(OC)c1. The van der Waals surface area contributed by atoms with Crippen molar-refractivity contribution < 1.29 is 19.1 Å². The molecule has 7 nitrogen and oxygen atoms in total. The third-order valence-electron chi connectivity index (χ3n) is 5.84. The highest BCUT2D eigenvalue weighted by Crippen LogP contribution is 2.33. The predicted molar refractivity (Wildman–Crippen MR) is 133 cm³/mol. The van der Waals surface area contributed by atoms with Crippen LogP contribution in [-0.4, -0.2) is 62.0 Å². The van der Waals surface area contributed by atoms with Gasteiger partial charge in [0.15, 0.2) is 0 Å². The summed E-state index contributed by atoms with van der Waals surface area (Å²) in [6.07, 6.45) is 0. The summed E-state index contributed by atoms with van der Waals surface area (Å²) in [7, 11) is 3.08. The van der Waals surface area contributed by atoms with Crippen LogP contribution in [0.15, 0.2) is 76.5 Å². The first kappa shape index (κ1) is 24.2. The third-order valence-corrected chi connectivity index (χ3v) is 6.99. The number of piperazine rings is 1. The maximum Gasteiger partial charge on any atom is 0.257 e. The van der Waals surface area contributed by atoms with Crippen molar-refractivity contribution in [2.24, 2.45) is 0 Å². The number of methoxy groups -OCH3 is 2. The molecular weight excluding hydrogens is 462 g/mol. The van der Waals surface area contributed by atoms with E-state index in [1.54, 1.807) is 47.2 Å². The Hall–Kier alpha value is -3.96. The Bertz CT molecular complexity index is 1280. The number of nitriles is 1. The highest BCUT2D eigenvalue weighted by atomic mass is 32.2. The van der Waals surface area contributed by atoms with Gasteiger partial charge in [-0.2, -0.15) is 5.26 Å². The number of amides is 2. The number of nitrogens with zero attached hydrogens (tertiary/aromatic N) is 3. The topological polar surface area (TPSA) is 82.9 Å². The molecule has 0 bridgehead atoms. The van der Waals surface area contributed by atoms with Crippen molar-refractivity contribution in [3.8, 4) is 17.6 Å². The van der Waals surface area contributed by atoms with Crippen molar-refractivity contribution >= 4 is 23.6 Å². The zero-order chi connectivity index (χ0) is 24.8. The summed E-state index contributed by atoms with van der Waals surface area (Å²) < 4.78 is 10.6. The minimum absolute atomic E-state index is 0.0864. The molecule has 2 amide bonds. The minimum atomic E-state index is -0.138. The number of carbonyl (C=O) groups is 2. The summed E-state index contributed by atoms with van der Waals surface area (Å²) in [5, 5.41) is 9.41. The van der Waals surface area contributed by atoms with E-state index >= 15 is 0 Å². The number of rotatable bonds is 6. The maximum atomic E-state index is 13.4. The normalized spacial score (nSPS) is 13.2. The third kappa shape index (κ3) is 5.26. The Morgan fingerprint density at radius 2 is 1.40 bits per heavy atom. The molecule has 0 aromatic heterocycles. The van der Waals surface area contributed by atoms with Crippen LogP contribution in [0.3, 0.4) is 0 Å². The van der Waals surface area contributed by atoms with E-state index in [1.165, 1.54) is 18.9 Å². The van der Waals surface area contributed by atoms with Gasteiger partial charge in [-0.05, 0) is 36.4 Å². The molecule has 1 fully saturated rings. The fraction of sp³-hybridized carbons (Fsp3) is 0.222. The molecule has 1 aliphatic rings. The van der Waals surface area contributed by atoms with Crippen LogP contribution in [0.25, 0.3) is 0 Å². The van der Waals surface area contributed by atoms with Gasteiger partial charge in [0.25, 0.3) is 11.8 Å². The second kappa shape index (κ2) is 11.0. The lowest BCUT2D eigenvalue weighted by Gasteiger charge is -2.35. The molecule has 3 aromatic carbocycles. The molecule has 4 rings (SSSR count). The summed E-state index contributed by atoms with van der Waals surface area (Å²) in [5.41, 5.74) is 1.62. The van der Waals surface area contributed by atoms with E-state index < -0.39 is 0 Å². The number of carbonyl (C=O) groups excluding carboxylic acids is 2. The van der Waals surface area contributed by atoms with Crippen LogP contribution in [0.1, 0.15) is 26.3 Å². The number of ether oxygens (including phenoxy) is 2. The zero-order valence-corrected chi connectivity index (χ0v) is 20.4. The summed E-state index contributed by atoms with van der Waals surface area (Å²) >= 11 is 1.41. The quantitative estimate of drug-likeness (QED) is 0.515. The van der Waals surface area contributed by atoms with Crippen LogP contribution in [0, 0.1) is 11.3 Å². The van der Waals surface area contributed by atoms with Gasteiger partial charge < -0.3 is 19.3 Å². The first-order chi connectivity index (χ1) is 17.0. The average Bonchev–Trinajstić information content (AvgIpc) is 2.92. The lowest BCUT2D eigenvalue weighted by Crippen LogP contribution is -2.50. The lowest BCUT2D eigenvalue weighted by molar-refractivity contribution is 0.0531. The predicted octanol–water partition coefficient (Wildman–Crippen LogP) is 4.32. The number of benzene rings is 3. The van der Waals surface area contributed by atoms with Gasteiger partial charge in [-0.15, -0.1) is 0 Å². The van der Waals surface area contributed by atoms with E-state index in [9.17, 15) is 14.9 Å². The summed E-state index contributed by atoms with van der Waals surface area (Å²) in [4.78, 5) is 31.6. The van der Waals surface area contributed by atoms with Gasteiger partial charge >= 0.3 is 0 Å². The standard InChI is InChI=1S/C27H25N3O4S/c1-33-20-11-12-21(23(17-20)34-2)26(31)29-13-15-30(16-14-29)27(32)22-8-4-6-10-25(22)35-24-9-5-3-7-19(24)18-28/h3-12,17H,13-16H2,1-2H3. The van der Waals surface area contributed by atoms with Crippen LogP contribution in [0.4, 0.5) is 0 Å². The van der Waals surface area contributed by atoms with Crippen LogP contribution in [-0.2, 0) is 0 Å². The molecule has 0 radical (unpaired) electrons. The monoisotopic (exact) mass is 487 g/mol.